The van der Waals surface area contributed by atoms with Crippen molar-refractivity contribution in [1.29, 1.82) is 0 Å². The van der Waals surface area contributed by atoms with Crippen molar-refractivity contribution in [1.82, 2.24) is 20.4 Å². The molecule has 1 saturated heterocycles. The number of carbonyl (C=O) groups is 2. The maximum atomic E-state index is 12.4. The van der Waals surface area contributed by atoms with Crippen molar-refractivity contribution in [3.05, 3.63) is 63.6 Å². The van der Waals surface area contributed by atoms with E-state index in [1.807, 2.05) is 24.3 Å². The van der Waals surface area contributed by atoms with Gasteiger partial charge < -0.3 is 10.2 Å². The highest BCUT2D eigenvalue weighted by atomic mass is 16.2. The largest absolute Gasteiger partial charge is 0.349 e. The Morgan fingerprint density at radius 3 is 2.33 bits per heavy atom. The summed E-state index contributed by atoms with van der Waals surface area (Å²) < 4.78 is 0. The van der Waals surface area contributed by atoms with Crippen LogP contribution in [0.1, 0.15) is 59.0 Å². The number of hydrogen-bond donors (Lipinski definition) is 2. The molecule has 0 spiro atoms. The number of H-pyrrole nitrogens is 1. The molecule has 0 unspecified atom stereocenters. The van der Waals surface area contributed by atoms with Crippen LogP contribution in [0, 0.1) is 0 Å². The molecular formula is C20H24N4O3. The number of nitrogens with zero attached hydrogens (tertiary/aromatic N) is 2. The average molecular weight is 368 g/mol. The van der Waals surface area contributed by atoms with Crippen molar-refractivity contribution in [2.75, 3.05) is 13.1 Å². The fourth-order valence-electron chi connectivity index (χ4n) is 3.14. The smallest absolute Gasteiger partial charge is 0.274 e. The van der Waals surface area contributed by atoms with Crippen LogP contribution in [-0.4, -0.2) is 46.0 Å². The number of piperidine rings is 1. The molecule has 1 fully saturated rings. The van der Waals surface area contributed by atoms with Gasteiger partial charge in [0, 0.05) is 30.8 Å². The van der Waals surface area contributed by atoms with Crippen LogP contribution in [0.3, 0.4) is 0 Å². The highest BCUT2D eigenvalue weighted by Gasteiger charge is 2.25. The first-order chi connectivity index (χ1) is 12.9. The van der Waals surface area contributed by atoms with Crippen molar-refractivity contribution in [3.8, 4) is 0 Å². The van der Waals surface area contributed by atoms with E-state index in [2.05, 4.69) is 29.4 Å². The first-order valence-corrected chi connectivity index (χ1v) is 9.20. The van der Waals surface area contributed by atoms with E-state index >= 15 is 0 Å². The Balaban J connectivity index is 1.53. The third kappa shape index (κ3) is 4.61. The molecule has 2 N–H and O–H groups in total. The van der Waals surface area contributed by atoms with Crippen LogP contribution in [0.5, 0.6) is 0 Å². The van der Waals surface area contributed by atoms with E-state index in [0.29, 0.717) is 37.4 Å². The summed E-state index contributed by atoms with van der Waals surface area (Å²) in [5.74, 6) is 0.138. The minimum atomic E-state index is -0.339. The summed E-state index contributed by atoms with van der Waals surface area (Å²) in [6.45, 7) is 5.31. The number of benzene rings is 1. The van der Waals surface area contributed by atoms with Gasteiger partial charge in [-0.25, -0.2) is 5.10 Å². The quantitative estimate of drug-likeness (QED) is 0.862. The molecule has 0 saturated carbocycles. The zero-order valence-corrected chi connectivity index (χ0v) is 15.6. The van der Waals surface area contributed by atoms with Crippen LogP contribution in [0.4, 0.5) is 0 Å². The van der Waals surface area contributed by atoms with Crippen LogP contribution in [-0.2, 0) is 0 Å². The van der Waals surface area contributed by atoms with Gasteiger partial charge in [-0.3, -0.25) is 14.4 Å². The molecule has 0 bridgehead atoms. The molecule has 7 heteroatoms. The van der Waals surface area contributed by atoms with E-state index in [9.17, 15) is 14.4 Å². The van der Waals surface area contributed by atoms with Crippen LogP contribution in [0.15, 0.2) is 41.2 Å². The lowest BCUT2D eigenvalue weighted by Gasteiger charge is -2.32. The zero-order chi connectivity index (χ0) is 19.4. The topological polar surface area (TPSA) is 95.2 Å². The van der Waals surface area contributed by atoms with Gasteiger partial charge in [0.2, 0.25) is 0 Å². The predicted molar refractivity (Wildman–Crippen MR) is 102 cm³/mol. The summed E-state index contributed by atoms with van der Waals surface area (Å²) >= 11 is 0. The highest BCUT2D eigenvalue weighted by molar-refractivity contribution is 5.94. The number of carbonyl (C=O) groups excluding carboxylic acids is 2. The lowest BCUT2D eigenvalue weighted by molar-refractivity contribution is 0.0691. The molecule has 1 aliphatic rings. The van der Waals surface area contributed by atoms with Crippen molar-refractivity contribution in [2.45, 2.75) is 38.6 Å². The first kappa shape index (κ1) is 18.8. The summed E-state index contributed by atoms with van der Waals surface area (Å²) in [7, 11) is 0. The Morgan fingerprint density at radius 2 is 1.78 bits per heavy atom. The highest BCUT2D eigenvalue weighted by Crippen LogP contribution is 2.16. The standard InChI is InChI=1S/C20H24N4O3/c1-13(2)14-3-5-15(6-4-14)19(26)21-16-9-11-24(12-10-16)20(27)17-7-8-18(25)23-22-17/h3-8,13,16H,9-12H2,1-2H3,(H,21,26)(H,23,25). The van der Waals surface area contributed by atoms with E-state index in [-0.39, 0.29) is 29.1 Å². The van der Waals surface area contributed by atoms with Gasteiger partial charge in [0.05, 0.1) is 0 Å². The van der Waals surface area contributed by atoms with Crippen molar-refractivity contribution >= 4 is 11.8 Å². The Kier molecular flexibility index (Phi) is 5.69. The van der Waals surface area contributed by atoms with Crippen molar-refractivity contribution < 1.29 is 9.59 Å². The van der Waals surface area contributed by atoms with Crippen LogP contribution in [0.25, 0.3) is 0 Å². The Bertz CT molecular complexity index is 845. The van der Waals surface area contributed by atoms with Gasteiger partial charge in [-0.05, 0) is 42.5 Å². The molecule has 1 aliphatic heterocycles. The molecule has 142 valence electrons. The Labute approximate surface area is 157 Å². The number of likely N-dealkylation sites (tertiary alicyclic amines) is 1. The van der Waals surface area contributed by atoms with Gasteiger partial charge in [-0.1, -0.05) is 26.0 Å². The second-order valence-electron chi connectivity index (χ2n) is 7.12. The molecule has 0 radical (unpaired) electrons. The maximum absolute atomic E-state index is 12.4. The number of amides is 2. The number of rotatable bonds is 4. The van der Waals surface area contributed by atoms with Gasteiger partial charge in [-0.2, -0.15) is 5.10 Å². The number of nitrogens with one attached hydrogen (secondary N) is 2. The van der Waals surface area contributed by atoms with E-state index in [0.717, 1.165) is 0 Å². The summed E-state index contributed by atoms with van der Waals surface area (Å²) in [6.07, 6.45) is 1.37. The first-order valence-electron chi connectivity index (χ1n) is 9.20. The van der Waals surface area contributed by atoms with Crippen LogP contribution >= 0.6 is 0 Å². The van der Waals surface area contributed by atoms with Gasteiger partial charge in [0.25, 0.3) is 17.4 Å². The molecule has 27 heavy (non-hydrogen) atoms. The third-order valence-electron chi connectivity index (χ3n) is 4.86. The molecule has 0 atom stereocenters. The second kappa shape index (κ2) is 8.16. The lowest BCUT2D eigenvalue weighted by Crippen LogP contribution is -2.46. The van der Waals surface area contributed by atoms with E-state index < -0.39 is 0 Å². The SMILES string of the molecule is CC(C)c1ccc(C(=O)NC2CCN(C(=O)c3ccc(=O)[nH]n3)CC2)cc1. The summed E-state index contributed by atoms with van der Waals surface area (Å²) in [6, 6.07) is 10.4. The minimum absolute atomic E-state index is 0.0369. The van der Waals surface area contributed by atoms with Crippen LogP contribution < -0.4 is 10.9 Å². The van der Waals surface area contributed by atoms with Crippen molar-refractivity contribution in [2.24, 2.45) is 0 Å². The van der Waals surface area contributed by atoms with Gasteiger partial charge in [0.1, 0.15) is 5.69 Å². The number of aromatic amines is 1. The Morgan fingerprint density at radius 1 is 1.11 bits per heavy atom. The molecule has 1 aromatic carbocycles. The normalized spacial score (nSPS) is 15.0. The fraction of sp³-hybridized carbons (Fsp3) is 0.400. The minimum Gasteiger partial charge on any atom is -0.349 e. The van der Waals surface area contributed by atoms with E-state index in [1.54, 1.807) is 4.90 Å². The Hall–Kier alpha value is -2.96. The summed E-state index contributed by atoms with van der Waals surface area (Å²) in [5.41, 5.74) is 1.74. The van der Waals surface area contributed by atoms with Crippen molar-refractivity contribution in [3.63, 3.8) is 0 Å². The molecule has 7 nitrogen and oxygen atoms in total. The van der Waals surface area contributed by atoms with Gasteiger partial charge >= 0.3 is 0 Å². The van der Waals surface area contributed by atoms with E-state index in [1.165, 1.54) is 17.7 Å². The number of hydrogen-bond acceptors (Lipinski definition) is 4. The average Bonchev–Trinajstić information content (AvgIpc) is 2.68. The monoisotopic (exact) mass is 368 g/mol. The molecule has 1 aromatic heterocycles. The molecule has 2 aromatic rings. The summed E-state index contributed by atoms with van der Waals surface area (Å²) in [5, 5.41) is 9.11. The summed E-state index contributed by atoms with van der Waals surface area (Å²) in [4.78, 5) is 37.6. The lowest BCUT2D eigenvalue weighted by atomic mass is 10.0. The van der Waals surface area contributed by atoms with E-state index in [4.69, 9.17) is 0 Å². The van der Waals surface area contributed by atoms with Gasteiger partial charge in [0.15, 0.2) is 0 Å². The third-order valence-corrected chi connectivity index (χ3v) is 4.86. The molecule has 0 aliphatic carbocycles. The maximum Gasteiger partial charge on any atom is 0.274 e. The fourth-order valence-corrected chi connectivity index (χ4v) is 3.14. The molecular weight excluding hydrogens is 344 g/mol. The predicted octanol–water partition coefficient (Wildman–Crippen LogP) is 1.93. The zero-order valence-electron chi connectivity index (χ0n) is 15.6. The molecule has 2 heterocycles. The number of aromatic nitrogens is 2. The molecule has 2 amide bonds. The second-order valence-corrected chi connectivity index (χ2v) is 7.12. The van der Waals surface area contributed by atoms with Crippen LogP contribution in [0.2, 0.25) is 0 Å². The van der Waals surface area contributed by atoms with Gasteiger partial charge in [-0.15, -0.1) is 0 Å². The molecule has 3 rings (SSSR count).